The number of benzene rings is 1. The maximum atomic E-state index is 14.0. The predicted octanol–water partition coefficient (Wildman–Crippen LogP) is 2.91. The Bertz CT molecular complexity index is 832. The Morgan fingerprint density at radius 3 is 2.80 bits per heavy atom. The number of ether oxygens (including phenoxy) is 1. The fourth-order valence-electron chi connectivity index (χ4n) is 2.91. The molecule has 2 heterocycles. The zero-order valence-electron chi connectivity index (χ0n) is 13.9. The maximum absolute atomic E-state index is 14.0. The van der Waals surface area contributed by atoms with Crippen LogP contribution >= 0.6 is 11.6 Å². The summed E-state index contributed by atoms with van der Waals surface area (Å²) >= 11 is 5.91. The number of cyclic esters (lactones) is 1. The lowest BCUT2D eigenvalue weighted by Crippen LogP contribution is -2.37. The predicted molar refractivity (Wildman–Crippen MR) is 93.8 cm³/mol. The fraction of sp³-hybridized carbons (Fsp3) is 0.353. The van der Waals surface area contributed by atoms with Crippen LogP contribution in [0.25, 0.3) is 11.3 Å². The second-order valence-corrected chi connectivity index (χ2v) is 6.87. The molecule has 1 aromatic heterocycles. The molecule has 25 heavy (non-hydrogen) atoms. The van der Waals surface area contributed by atoms with Crippen LogP contribution in [0.2, 0.25) is 5.02 Å². The van der Waals surface area contributed by atoms with Crippen LogP contribution in [0, 0.1) is 11.2 Å². The summed E-state index contributed by atoms with van der Waals surface area (Å²) in [4.78, 5) is 13.6. The molecule has 3 rings (SSSR count). The highest BCUT2D eigenvalue weighted by Gasteiger charge is 2.41. The van der Waals surface area contributed by atoms with Crippen molar-refractivity contribution in [2.24, 2.45) is 5.41 Å². The first-order valence-electron chi connectivity index (χ1n) is 7.77. The number of hydrogen-bond donors (Lipinski definition) is 1. The van der Waals surface area contributed by atoms with Gasteiger partial charge in [0.25, 0.3) is 0 Å². The van der Waals surface area contributed by atoms with Crippen LogP contribution in [0.5, 0.6) is 0 Å². The molecular weight excluding hydrogens is 347 g/mol. The first-order valence-corrected chi connectivity index (χ1v) is 8.15. The fourth-order valence-corrected chi connectivity index (χ4v) is 3.08. The van der Waals surface area contributed by atoms with E-state index in [1.807, 2.05) is 6.92 Å². The Morgan fingerprint density at radius 2 is 2.16 bits per heavy atom. The van der Waals surface area contributed by atoms with Gasteiger partial charge in [-0.05, 0) is 37.6 Å². The topological polar surface area (TPSA) is 81.3 Å². The van der Waals surface area contributed by atoms with E-state index in [2.05, 4.69) is 10.2 Å². The van der Waals surface area contributed by atoms with Crippen molar-refractivity contribution in [3.05, 3.63) is 35.1 Å². The first kappa shape index (κ1) is 17.4. The van der Waals surface area contributed by atoms with Crippen molar-refractivity contribution in [2.75, 3.05) is 30.8 Å². The molecule has 1 unspecified atom stereocenters. The molecule has 1 atom stereocenters. The van der Waals surface area contributed by atoms with Crippen molar-refractivity contribution in [2.45, 2.75) is 13.3 Å². The third kappa shape index (κ3) is 3.37. The molecule has 0 spiro atoms. The summed E-state index contributed by atoms with van der Waals surface area (Å²) in [5.41, 5.74) is 6.33. The van der Waals surface area contributed by atoms with Gasteiger partial charge in [-0.2, -0.15) is 0 Å². The summed E-state index contributed by atoms with van der Waals surface area (Å²) in [6.45, 7) is 2.66. The van der Waals surface area contributed by atoms with Gasteiger partial charge in [-0.1, -0.05) is 11.6 Å². The standard InChI is InChI=1S/C17H18ClFN4O2/c1-17(5-6-25-16(17)24)9-23(2)15-13(20)8-14(21-22-15)11-7-10(18)3-4-12(11)19/h3-4,7-8H,5-6,9H2,1-2H3,(H2,20,21). The smallest absolute Gasteiger partial charge is 0.313 e. The van der Waals surface area contributed by atoms with Gasteiger partial charge < -0.3 is 15.4 Å². The average molecular weight is 365 g/mol. The van der Waals surface area contributed by atoms with Crippen LogP contribution in [0.4, 0.5) is 15.9 Å². The number of nitrogen functional groups attached to an aromatic ring is 1. The molecule has 0 amide bonds. The second kappa shape index (κ2) is 6.48. The molecule has 0 bridgehead atoms. The number of anilines is 2. The van der Waals surface area contributed by atoms with Crippen LogP contribution in [-0.4, -0.2) is 36.4 Å². The van der Waals surface area contributed by atoms with Crippen LogP contribution in [0.1, 0.15) is 13.3 Å². The van der Waals surface area contributed by atoms with Crippen LogP contribution in [0.15, 0.2) is 24.3 Å². The van der Waals surface area contributed by atoms with Crippen molar-refractivity contribution < 1.29 is 13.9 Å². The molecule has 1 aliphatic rings. The zero-order chi connectivity index (χ0) is 18.2. The Morgan fingerprint density at radius 1 is 1.40 bits per heavy atom. The SMILES string of the molecule is CN(CC1(C)CCOC1=O)c1nnc(-c2cc(Cl)ccc2F)cc1N. The van der Waals surface area contributed by atoms with E-state index in [4.69, 9.17) is 22.1 Å². The van der Waals surface area contributed by atoms with E-state index < -0.39 is 11.2 Å². The summed E-state index contributed by atoms with van der Waals surface area (Å²) in [6.07, 6.45) is 0.634. The zero-order valence-corrected chi connectivity index (χ0v) is 14.7. The third-order valence-corrected chi connectivity index (χ3v) is 4.57. The van der Waals surface area contributed by atoms with Crippen LogP contribution in [-0.2, 0) is 9.53 Å². The highest BCUT2D eigenvalue weighted by Crippen LogP contribution is 2.33. The van der Waals surface area contributed by atoms with Gasteiger partial charge >= 0.3 is 5.97 Å². The van der Waals surface area contributed by atoms with Gasteiger partial charge in [-0.3, -0.25) is 4.79 Å². The van der Waals surface area contributed by atoms with Crippen LogP contribution < -0.4 is 10.6 Å². The van der Waals surface area contributed by atoms with E-state index >= 15 is 0 Å². The van der Waals surface area contributed by atoms with Gasteiger partial charge in [0.2, 0.25) is 0 Å². The molecule has 2 aromatic rings. The molecule has 1 saturated heterocycles. The average Bonchev–Trinajstić information content (AvgIpc) is 2.88. The molecule has 2 N–H and O–H groups in total. The number of carbonyl (C=O) groups excluding carboxylic acids is 1. The summed E-state index contributed by atoms with van der Waals surface area (Å²) in [5, 5.41) is 8.57. The van der Waals surface area contributed by atoms with Gasteiger partial charge in [0, 0.05) is 24.2 Å². The van der Waals surface area contributed by atoms with Gasteiger partial charge in [-0.15, -0.1) is 10.2 Å². The van der Waals surface area contributed by atoms with Crippen molar-refractivity contribution in [1.29, 1.82) is 0 Å². The van der Waals surface area contributed by atoms with Gasteiger partial charge in [0.15, 0.2) is 5.82 Å². The Kier molecular flexibility index (Phi) is 4.51. The minimum atomic E-state index is -0.611. The van der Waals surface area contributed by atoms with E-state index in [0.29, 0.717) is 41.8 Å². The Labute approximate surface area is 149 Å². The van der Waals surface area contributed by atoms with Crippen molar-refractivity contribution in [1.82, 2.24) is 10.2 Å². The number of aromatic nitrogens is 2. The van der Waals surface area contributed by atoms with E-state index in [-0.39, 0.29) is 11.5 Å². The number of nitrogens with two attached hydrogens (primary N) is 1. The lowest BCUT2D eigenvalue weighted by Gasteiger charge is -2.27. The second-order valence-electron chi connectivity index (χ2n) is 6.44. The maximum Gasteiger partial charge on any atom is 0.313 e. The van der Waals surface area contributed by atoms with Crippen molar-refractivity contribution in [3.8, 4) is 11.3 Å². The first-order chi connectivity index (χ1) is 11.8. The molecule has 132 valence electrons. The minimum absolute atomic E-state index is 0.229. The summed E-state index contributed by atoms with van der Waals surface area (Å²) in [5.74, 6) is -0.268. The molecule has 6 nitrogen and oxygen atoms in total. The number of esters is 1. The largest absolute Gasteiger partial charge is 0.465 e. The number of rotatable bonds is 4. The Hall–Kier alpha value is -2.41. The van der Waals surface area contributed by atoms with Gasteiger partial charge in [0.1, 0.15) is 5.82 Å². The summed E-state index contributed by atoms with van der Waals surface area (Å²) in [6, 6.07) is 5.74. The highest BCUT2D eigenvalue weighted by molar-refractivity contribution is 6.30. The number of carbonyl (C=O) groups is 1. The van der Waals surface area contributed by atoms with Gasteiger partial charge in [0.05, 0.1) is 23.4 Å². The Balaban J connectivity index is 1.87. The van der Waals surface area contributed by atoms with Crippen LogP contribution in [0.3, 0.4) is 0 Å². The summed E-state index contributed by atoms with van der Waals surface area (Å²) in [7, 11) is 1.77. The van der Waals surface area contributed by atoms with E-state index in [1.54, 1.807) is 18.0 Å². The number of nitrogens with zero attached hydrogens (tertiary/aromatic N) is 3. The molecule has 1 fully saturated rings. The quantitative estimate of drug-likeness (QED) is 0.840. The normalized spacial score (nSPS) is 19.8. The summed E-state index contributed by atoms with van der Waals surface area (Å²) < 4.78 is 19.0. The van der Waals surface area contributed by atoms with Crippen molar-refractivity contribution in [3.63, 3.8) is 0 Å². The van der Waals surface area contributed by atoms with Gasteiger partial charge in [-0.25, -0.2) is 4.39 Å². The number of halogens is 2. The number of hydrogen-bond acceptors (Lipinski definition) is 6. The minimum Gasteiger partial charge on any atom is -0.465 e. The molecule has 0 aliphatic carbocycles. The molecule has 1 aromatic carbocycles. The molecule has 0 radical (unpaired) electrons. The highest BCUT2D eigenvalue weighted by atomic mass is 35.5. The molecule has 8 heteroatoms. The third-order valence-electron chi connectivity index (χ3n) is 4.33. The van der Waals surface area contributed by atoms with E-state index in [9.17, 15) is 9.18 Å². The van der Waals surface area contributed by atoms with Crippen molar-refractivity contribution >= 4 is 29.1 Å². The van der Waals surface area contributed by atoms with E-state index in [0.717, 1.165) is 0 Å². The molecule has 0 saturated carbocycles. The monoisotopic (exact) mass is 364 g/mol. The lowest BCUT2D eigenvalue weighted by atomic mass is 9.88. The lowest BCUT2D eigenvalue weighted by molar-refractivity contribution is -0.145. The molecule has 1 aliphatic heterocycles. The van der Waals surface area contributed by atoms with E-state index in [1.165, 1.54) is 18.2 Å². The molecular formula is C17H18ClFN4O2.